The Balaban J connectivity index is 2.00. The van der Waals surface area contributed by atoms with Crippen LogP contribution in [-0.4, -0.2) is 11.2 Å². The third kappa shape index (κ3) is 3.55. The van der Waals surface area contributed by atoms with E-state index >= 15 is 0 Å². The summed E-state index contributed by atoms with van der Waals surface area (Å²) in [7, 11) is 0. The Morgan fingerprint density at radius 2 is 1.88 bits per heavy atom. The fraction of sp³-hybridized carbons (Fsp3) is 0.409. The molecule has 0 unspecified atom stereocenters. The Morgan fingerprint density at radius 1 is 1.16 bits per heavy atom. The van der Waals surface area contributed by atoms with E-state index in [2.05, 4.69) is 75.5 Å². The van der Waals surface area contributed by atoms with Gasteiger partial charge in [0.15, 0.2) is 0 Å². The predicted octanol–water partition coefficient (Wildman–Crippen LogP) is 5.76. The van der Waals surface area contributed by atoms with Crippen molar-refractivity contribution in [3.8, 4) is 11.1 Å². The SMILES string of the molecule is CC(C)c1cccc(-c2ccc3c(c2)CCC(C)(C)[C@@H]3NC(=O)O)c1. The number of aryl methyl sites for hydroxylation is 1. The van der Waals surface area contributed by atoms with Gasteiger partial charge in [0, 0.05) is 0 Å². The van der Waals surface area contributed by atoms with Gasteiger partial charge < -0.3 is 10.4 Å². The first-order valence-electron chi connectivity index (χ1n) is 9.00. The van der Waals surface area contributed by atoms with Crippen LogP contribution in [0.2, 0.25) is 0 Å². The van der Waals surface area contributed by atoms with Crippen molar-refractivity contribution in [1.82, 2.24) is 5.32 Å². The van der Waals surface area contributed by atoms with Crippen LogP contribution in [0.15, 0.2) is 42.5 Å². The van der Waals surface area contributed by atoms with E-state index < -0.39 is 6.09 Å². The number of rotatable bonds is 3. The van der Waals surface area contributed by atoms with Crippen LogP contribution in [-0.2, 0) is 6.42 Å². The van der Waals surface area contributed by atoms with E-state index in [1.165, 1.54) is 22.3 Å². The number of carboxylic acid groups (broad SMARTS) is 1. The van der Waals surface area contributed by atoms with Crippen LogP contribution in [0.5, 0.6) is 0 Å². The summed E-state index contributed by atoms with van der Waals surface area (Å²) in [6.07, 6.45) is 0.998. The average Bonchev–Trinajstić information content (AvgIpc) is 2.57. The second-order valence-corrected chi connectivity index (χ2v) is 8.06. The van der Waals surface area contributed by atoms with Crippen molar-refractivity contribution >= 4 is 6.09 Å². The highest BCUT2D eigenvalue weighted by Gasteiger charge is 2.37. The lowest BCUT2D eigenvalue weighted by Gasteiger charge is -2.40. The predicted molar refractivity (Wildman–Crippen MR) is 102 cm³/mol. The molecule has 132 valence electrons. The summed E-state index contributed by atoms with van der Waals surface area (Å²) in [6.45, 7) is 8.68. The molecule has 0 radical (unpaired) electrons. The number of fused-ring (bicyclic) bond motifs is 1. The van der Waals surface area contributed by atoms with Crippen molar-refractivity contribution in [2.24, 2.45) is 5.41 Å². The molecule has 0 spiro atoms. The summed E-state index contributed by atoms with van der Waals surface area (Å²) in [5.74, 6) is 0.502. The number of amides is 1. The van der Waals surface area contributed by atoms with E-state index in [1.54, 1.807) is 0 Å². The fourth-order valence-corrected chi connectivity index (χ4v) is 3.78. The van der Waals surface area contributed by atoms with Gasteiger partial charge in [0.1, 0.15) is 0 Å². The van der Waals surface area contributed by atoms with Gasteiger partial charge in [0.25, 0.3) is 0 Å². The Bertz CT molecular complexity index is 792. The van der Waals surface area contributed by atoms with E-state index in [4.69, 9.17) is 0 Å². The smallest absolute Gasteiger partial charge is 0.405 e. The highest BCUT2D eigenvalue weighted by atomic mass is 16.4. The molecule has 1 aliphatic rings. The first kappa shape index (κ1) is 17.5. The van der Waals surface area contributed by atoms with Crippen LogP contribution < -0.4 is 5.32 Å². The van der Waals surface area contributed by atoms with Gasteiger partial charge in [0.05, 0.1) is 6.04 Å². The summed E-state index contributed by atoms with van der Waals surface area (Å²) in [5.41, 5.74) is 6.05. The summed E-state index contributed by atoms with van der Waals surface area (Å²) in [6, 6.07) is 15.0. The molecule has 2 aromatic carbocycles. The minimum Gasteiger partial charge on any atom is -0.465 e. The molecular weight excluding hydrogens is 310 g/mol. The van der Waals surface area contributed by atoms with E-state index in [1.807, 2.05) is 0 Å². The van der Waals surface area contributed by atoms with Crippen molar-refractivity contribution in [2.75, 3.05) is 0 Å². The highest BCUT2D eigenvalue weighted by molar-refractivity contribution is 5.68. The van der Waals surface area contributed by atoms with E-state index in [0.29, 0.717) is 5.92 Å². The maximum absolute atomic E-state index is 11.2. The maximum atomic E-state index is 11.2. The number of benzene rings is 2. The topological polar surface area (TPSA) is 49.3 Å². The molecule has 0 saturated carbocycles. The number of nitrogens with one attached hydrogen (secondary N) is 1. The third-order valence-electron chi connectivity index (χ3n) is 5.43. The molecule has 25 heavy (non-hydrogen) atoms. The van der Waals surface area contributed by atoms with Crippen LogP contribution in [0.1, 0.15) is 62.8 Å². The normalized spacial score (nSPS) is 18.7. The summed E-state index contributed by atoms with van der Waals surface area (Å²) < 4.78 is 0. The molecule has 0 fully saturated rings. The highest BCUT2D eigenvalue weighted by Crippen LogP contribution is 2.44. The van der Waals surface area contributed by atoms with Gasteiger partial charge in [0.2, 0.25) is 0 Å². The van der Waals surface area contributed by atoms with Gasteiger partial charge in [-0.3, -0.25) is 0 Å². The van der Waals surface area contributed by atoms with Crippen LogP contribution in [0, 0.1) is 5.41 Å². The van der Waals surface area contributed by atoms with Crippen molar-refractivity contribution in [1.29, 1.82) is 0 Å². The van der Waals surface area contributed by atoms with Gasteiger partial charge >= 0.3 is 6.09 Å². The van der Waals surface area contributed by atoms with Crippen LogP contribution in [0.3, 0.4) is 0 Å². The molecule has 3 rings (SSSR count). The monoisotopic (exact) mass is 337 g/mol. The number of hydrogen-bond acceptors (Lipinski definition) is 1. The van der Waals surface area contributed by atoms with Crippen molar-refractivity contribution in [3.63, 3.8) is 0 Å². The summed E-state index contributed by atoms with van der Waals surface area (Å²) in [5, 5.41) is 12.0. The van der Waals surface area contributed by atoms with Crippen LogP contribution in [0.4, 0.5) is 4.79 Å². The molecule has 3 nitrogen and oxygen atoms in total. The average molecular weight is 337 g/mol. The molecule has 0 aromatic heterocycles. The van der Waals surface area contributed by atoms with Gasteiger partial charge in [-0.25, -0.2) is 4.79 Å². The molecular formula is C22H27NO2. The molecule has 0 saturated heterocycles. The quantitative estimate of drug-likeness (QED) is 0.748. The van der Waals surface area contributed by atoms with Crippen LogP contribution >= 0.6 is 0 Å². The molecule has 1 atom stereocenters. The number of carbonyl (C=O) groups is 1. The van der Waals surface area contributed by atoms with Crippen LogP contribution in [0.25, 0.3) is 11.1 Å². The summed E-state index contributed by atoms with van der Waals surface area (Å²) >= 11 is 0. The minimum atomic E-state index is -0.959. The molecule has 2 N–H and O–H groups in total. The first-order chi connectivity index (χ1) is 11.8. The Labute approximate surface area is 150 Å². The van der Waals surface area contributed by atoms with E-state index in [9.17, 15) is 9.90 Å². The lowest BCUT2D eigenvalue weighted by molar-refractivity contribution is 0.161. The molecule has 0 aliphatic heterocycles. The zero-order chi connectivity index (χ0) is 18.2. The fourth-order valence-electron chi connectivity index (χ4n) is 3.78. The standard InChI is InChI=1S/C22H27NO2/c1-14(2)15-6-5-7-16(12-15)17-8-9-19-18(13-17)10-11-22(3,4)20(19)23-21(24)25/h5-9,12-14,20,23H,10-11H2,1-4H3,(H,24,25)/t20-/m1/s1. The zero-order valence-electron chi connectivity index (χ0n) is 15.5. The lowest BCUT2D eigenvalue weighted by Crippen LogP contribution is -2.40. The second kappa shape index (κ2) is 6.55. The van der Waals surface area contributed by atoms with Crippen molar-refractivity contribution in [3.05, 3.63) is 59.2 Å². The largest absolute Gasteiger partial charge is 0.465 e. The Hall–Kier alpha value is -2.29. The van der Waals surface area contributed by atoms with Crippen molar-refractivity contribution in [2.45, 2.75) is 52.5 Å². The molecule has 0 bridgehead atoms. The minimum absolute atomic E-state index is 0.0789. The van der Waals surface area contributed by atoms with E-state index in [0.717, 1.165) is 18.4 Å². The molecule has 1 aliphatic carbocycles. The first-order valence-corrected chi connectivity index (χ1v) is 9.00. The third-order valence-corrected chi connectivity index (χ3v) is 5.43. The maximum Gasteiger partial charge on any atom is 0.405 e. The van der Waals surface area contributed by atoms with E-state index in [-0.39, 0.29) is 11.5 Å². The Morgan fingerprint density at radius 3 is 2.56 bits per heavy atom. The molecule has 1 amide bonds. The van der Waals surface area contributed by atoms with Crippen molar-refractivity contribution < 1.29 is 9.90 Å². The molecule has 2 aromatic rings. The van der Waals surface area contributed by atoms with Gasteiger partial charge in [-0.1, -0.05) is 70.2 Å². The summed E-state index contributed by atoms with van der Waals surface area (Å²) in [4.78, 5) is 11.2. The zero-order valence-corrected chi connectivity index (χ0v) is 15.5. The molecule has 3 heteroatoms. The second-order valence-electron chi connectivity index (χ2n) is 8.06. The van der Waals surface area contributed by atoms with Gasteiger partial charge in [-0.2, -0.15) is 0 Å². The van der Waals surface area contributed by atoms with Gasteiger partial charge in [-0.05, 0) is 52.0 Å². The number of hydrogen-bond donors (Lipinski definition) is 2. The Kier molecular flexibility index (Phi) is 4.59. The lowest BCUT2D eigenvalue weighted by atomic mass is 9.70. The van der Waals surface area contributed by atoms with Gasteiger partial charge in [-0.15, -0.1) is 0 Å². The molecule has 0 heterocycles.